The second-order valence-corrected chi connectivity index (χ2v) is 7.68. The zero-order valence-corrected chi connectivity index (χ0v) is 17.0. The van der Waals surface area contributed by atoms with Gasteiger partial charge in [0.05, 0.1) is 10.3 Å². The highest BCUT2D eigenvalue weighted by atomic mass is 19.1. The molecule has 0 bridgehead atoms. The third-order valence-corrected chi connectivity index (χ3v) is 5.83. The molecule has 31 heavy (non-hydrogen) atoms. The number of benzene rings is 2. The molecule has 1 fully saturated rings. The zero-order chi connectivity index (χ0) is 21.8. The maximum absolute atomic E-state index is 13.7. The van der Waals surface area contributed by atoms with Crippen LogP contribution in [0.25, 0.3) is 10.8 Å². The van der Waals surface area contributed by atoms with Gasteiger partial charge in [-0.05, 0) is 43.0 Å². The van der Waals surface area contributed by atoms with E-state index in [2.05, 4.69) is 15.2 Å². The molecule has 0 atom stereocenters. The maximum atomic E-state index is 13.7. The molecule has 160 valence electrons. The number of carbonyl (C=O) groups excluding carboxylic acids is 1. The van der Waals surface area contributed by atoms with Crippen LogP contribution in [0.5, 0.6) is 0 Å². The van der Waals surface area contributed by atoms with Crippen LogP contribution >= 0.6 is 0 Å². The summed E-state index contributed by atoms with van der Waals surface area (Å²) in [4.78, 5) is 29.7. The SMILES string of the molecule is O=C(NCCc1ccccc1F)C1CCN(c2ccc([N+](=O)[O-])c3cnccc23)CC1. The average Bonchev–Trinajstić information content (AvgIpc) is 2.79. The van der Waals surface area contributed by atoms with Crippen LogP contribution in [0.3, 0.4) is 0 Å². The largest absolute Gasteiger partial charge is 0.371 e. The number of halogens is 1. The number of nitro groups is 1. The molecule has 1 amide bonds. The van der Waals surface area contributed by atoms with Crippen LogP contribution in [0.4, 0.5) is 15.8 Å². The van der Waals surface area contributed by atoms with E-state index in [0.717, 1.165) is 11.1 Å². The Balaban J connectivity index is 1.37. The number of rotatable bonds is 6. The van der Waals surface area contributed by atoms with Crippen LogP contribution in [0.15, 0.2) is 54.9 Å². The van der Waals surface area contributed by atoms with Crippen LogP contribution in [-0.2, 0) is 11.2 Å². The lowest BCUT2D eigenvalue weighted by Gasteiger charge is -2.33. The molecule has 1 aliphatic heterocycles. The van der Waals surface area contributed by atoms with Crippen molar-refractivity contribution in [3.8, 4) is 0 Å². The van der Waals surface area contributed by atoms with E-state index in [1.54, 1.807) is 36.5 Å². The fourth-order valence-electron chi connectivity index (χ4n) is 4.14. The minimum absolute atomic E-state index is 0.00579. The van der Waals surface area contributed by atoms with Gasteiger partial charge in [0.25, 0.3) is 5.69 Å². The number of hydrogen-bond donors (Lipinski definition) is 1. The van der Waals surface area contributed by atoms with Crippen molar-refractivity contribution >= 4 is 28.1 Å². The van der Waals surface area contributed by atoms with Crippen molar-refractivity contribution in [1.82, 2.24) is 10.3 Å². The second kappa shape index (κ2) is 9.07. The highest BCUT2D eigenvalue weighted by molar-refractivity contribution is 5.99. The van der Waals surface area contributed by atoms with E-state index in [0.29, 0.717) is 49.8 Å². The number of anilines is 1. The van der Waals surface area contributed by atoms with Crippen LogP contribution in [-0.4, -0.2) is 35.4 Å². The van der Waals surface area contributed by atoms with Gasteiger partial charge in [-0.15, -0.1) is 0 Å². The van der Waals surface area contributed by atoms with Gasteiger partial charge in [0, 0.05) is 55.1 Å². The van der Waals surface area contributed by atoms with E-state index in [1.165, 1.54) is 18.3 Å². The summed E-state index contributed by atoms with van der Waals surface area (Å²) in [6.07, 6.45) is 4.99. The van der Waals surface area contributed by atoms with Crippen molar-refractivity contribution in [2.45, 2.75) is 19.3 Å². The first kappa shape index (κ1) is 20.7. The van der Waals surface area contributed by atoms with Crippen molar-refractivity contribution in [3.05, 3.63) is 76.4 Å². The van der Waals surface area contributed by atoms with Gasteiger partial charge in [0.15, 0.2) is 0 Å². The van der Waals surface area contributed by atoms with E-state index < -0.39 is 4.92 Å². The average molecular weight is 422 g/mol. The number of piperidine rings is 1. The van der Waals surface area contributed by atoms with Crippen LogP contribution < -0.4 is 10.2 Å². The Morgan fingerprint density at radius 1 is 1.16 bits per heavy atom. The van der Waals surface area contributed by atoms with Crippen molar-refractivity contribution in [2.24, 2.45) is 5.92 Å². The molecular weight excluding hydrogens is 399 g/mol. The van der Waals surface area contributed by atoms with Gasteiger partial charge in [0.2, 0.25) is 5.91 Å². The lowest BCUT2D eigenvalue weighted by atomic mass is 9.94. The molecule has 2 aromatic carbocycles. The Kier molecular flexibility index (Phi) is 6.06. The first-order valence-electron chi connectivity index (χ1n) is 10.3. The summed E-state index contributed by atoms with van der Waals surface area (Å²) in [7, 11) is 0. The summed E-state index contributed by atoms with van der Waals surface area (Å²) < 4.78 is 13.7. The summed E-state index contributed by atoms with van der Waals surface area (Å²) in [5, 5.41) is 15.5. The molecule has 4 rings (SSSR count). The number of nitrogens with zero attached hydrogens (tertiary/aromatic N) is 3. The number of aromatic nitrogens is 1. The molecule has 0 saturated carbocycles. The molecule has 1 aromatic heterocycles. The van der Waals surface area contributed by atoms with Crippen LogP contribution in [0.1, 0.15) is 18.4 Å². The minimum Gasteiger partial charge on any atom is -0.371 e. The van der Waals surface area contributed by atoms with Crippen LogP contribution in [0.2, 0.25) is 0 Å². The van der Waals surface area contributed by atoms with E-state index in [4.69, 9.17) is 0 Å². The second-order valence-electron chi connectivity index (χ2n) is 7.68. The van der Waals surface area contributed by atoms with Crippen LogP contribution in [0, 0.1) is 21.8 Å². The van der Waals surface area contributed by atoms with E-state index in [9.17, 15) is 19.3 Å². The van der Waals surface area contributed by atoms with Gasteiger partial charge < -0.3 is 10.2 Å². The fourth-order valence-corrected chi connectivity index (χ4v) is 4.14. The predicted molar refractivity (Wildman–Crippen MR) is 116 cm³/mol. The monoisotopic (exact) mass is 422 g/mol. The first-order chi connectivity index (χ1) is 15.0. The highest BCUT2D eigenvalue weighted by Crippen LogP contribution is 2.34. The number of fused-ring (bicyclic) bond motifs is 1. The van der Waals surface area contributed by atoms with E-state index in [1.807, 2.05) is 0 Å². The zero-order valence-electron chi connectivity index (χ0n) is 17.0. The Morgan fingerprint density at radius 3 is 2.68 bits per heavy atom. The minimum atomic E-state index is -0.397. The summed E-state index contributed by atoms with van der Waals surface area (Å²) in [6.45, 7) is 1.77. The van der Waals surface area contributed by atoms with Crippen molar-refractivity contribution in [3.63, 3.8) is 0 Å². The molecular formula is C23H23FN4O3. The van der Waals surface area contributed by atoms with Gasteiger partial charge in [0.1, 0.15) is 5.82 Å². The van der Waals surface area contributed by atoms with E-state index >= 15 is 0 Å². The molecule has 2 heterocycles. The first-order valence-corrected chi connectivity index (χ1v) is 10.3. The molecule has 1 saturated heterocycles. The summed E-state index contributed by atoms with van der Waals surface area (Å²) >= 11 is 0. The van der Waals surface area contributed by atoms with E-state index in [-0.39, 0.29) is 23.3 Å². The normalized spacial score (nSPS) is 14.5. The smallest absolute Gasteiger partial charge is 0.278 e. The van der Waals surface area contributed by atoms with Gasteiger partial charge >= 0.3 is 0 Å². The molecule has 0 radical (unpaired) electrons. The van der Waals surface area contributed by atoms with Crippen molar-refractivity contribution < 1.29 is 14.1 Å². The lowest BCUT2D eigenvalue weighted by molar-refractivity contribution is -0.383. The fraction of sp³-hybridized carbons (Fsp3) is 0.304. The summed E-state index contributed by atoms with van der Waals surface area (Å²) in [5.41, 5.74) is 1.55. The number of amides is 1. The standard InChI is InChI=1S/C23H23FN4O3/c24-20-4-2-1-3-16(20)7-12-26-23(29)17-9-13-27(14-10-17)21-5-6-22(28(30)31)19-15-25-11-8-18(19)21/h1-6,8,11,15,17H,7,9-10,12-14H2,(H,26,29). The summed E-state index contributed by atoms with van der Waals surface area (Å²) in [5.74, 6) is -0.354. The molecule has 7 nitrogen and oxygen atoms in total. The molecule has 0 spiro atoms. The Bertz CT molecular complexity index is 1110. The van der Waals surface area contributed by atoms with Gasteiger partial charge in [-0.3, -0.25) is 19.9 Å². The third-order valence-electron chi connectivity index (χ3n) is 5.83. The van der Waals surface area contributed by atoms with Crippen molar-refractivity contribution in [2.75, 3.05) is 24.5 Å². The lowest BCUT2D eigenvalue weighted by Crippen LogP contribution is -2.41. The number of pyridine rings is 1. The van der Waals surface area contributed by atoms with Gasteiger partial charge in [-0.25, -0.2) is 4.39 Å². The maximum Gasteiger partial charge on any atom is 0.278 e. The Hall–Kier alpha value is -3.55. The van der Waals surface area contributed by atoms with Crippen molar-refractivity contribution in [1.29, 1.82) is 0 Å². The molecule has 1 N–H and O–H groups in total. The highest BCUT2D eigenvalue weighted by Gasteiger charge is 2.26. The molecule has 1 aliphatic rings. The molecule has 3 aromatic rings. The Morgan fingerprint density at radius 2 is 1.94 bits per heavy atom. The molecule has 0 unspecified atom stereocenters. The third kappa shape index (κ3) is 4.47. The van der Waals surface area contributed by atoms with Gasteiger partial charge in [-0.2, -0.15) is 0 Å². The number of carbonyl (C=O) groups is 1. The number of hydrogen-bond acceptors (Lipinski definition) is 5. The quantitative estimate of drug-likeness (QED) is 0.481. The Labute approximate surface area is 179 Å². The number of nitrogens with one attached hydrogen (secondary N) is 1. The molecule has 8 heteroatoms. The topological polar surface area (TPSA) is 88.4 Å². The molecule has 0 aliphatic carbocycles. The predicted octanol–water partition coefficient (Wildman–Crippen LogP) is 3.86. The number of nitro benzene ring substituents is 1. The number of non-ortho nitro benzene ring substituents is 1. The van der Waals surface area contributed by atoms with Gasteiger partial charge in [-0.1, -0.05) is 18.2 Å². The summed E-state index contributed by atoms with van der Waals surface area (Å²) in [6, 6.07) is 11.7.